The average Bonchev–Trinajstić information content (AvgIpc) is 2.86. The van der Waals surface area contributed by atoms with Crippen LogP contribution in [0.1, 0.15) is 16.5 Å². The molecule has 17 heavy (non-hydrogen) atoms. The lowest BCUT2D eigenvalue weighted by atomic mass is 10.1. The molecule has 0 N–H and O–H groups in total. The summed E-state index contributed by atoms with van der Waals surface area (Å²) in [6.07, 6.45) is 5.32. The van der Waals surface area contributed by atoms with E-state index in [2.05, 4.69) is 10.2 Å². The van der Waals surface area contributed by atoms with Gasteiger partial charge in [0.1, 0.15) is 5.69 Å². The minimum Gasteiger partial charge on any atom is -0.333 e. The van der Waals surface area contributed by atoms with E-state index in [4.69, 9.17) is 0 Å². The maximum atomic E-state index is 12.1. The Morgan fingerprint density at radius 1 is 1.35 bits per heavy atom. The van der Waals surface area contributed by atoms with Gasteiger partial charge in [-0.3, -0.25) is 14.2 Å². The summed E-state index contributed by atoms with van der Waals surface area (Å²) in [4.78, 5) is 13.9. The Balaban J connectivity index is 1.66. The Morgan fingerprint density at radius 3 is 2.76 bits per heavy atom. The van der Waals surface area contributed by atoms with Gasteiger partial charge in [-0.1, -0.05) is 0 Å². The van der Waals surface area contributed by atoms with E-state index in [0.29, 0.717) is 24.8 Å². The third-order valence-electron chi connectivity index (χ3n) is 3.09. The second-order valence-corrected chi connectivity index (χ2v) is 4.19. The number of aromatic nitrogens is 4. The summed E-state index contributed by atoms with van der Waals surface area (Å²) in [6, 6.07) is 3.94. The largest absolute Gasteiger partial charge is 0.333 e. The molecule has 0 atom stereocenters. The van der Waals surface area contributed by atoms with Crippen LogP contribution in [0.5, 0.6) is 0 Å². The number of likely N-dealkylation sites (tertiary alicyclic amines) is 1. The van der Waals surface area contributed by atoms with Crippen molar-refractivity contribution in [3.8, 4) is 0 Å². The standard InChI is InChI=1S/C11H13N5O/c1-14-10(3-5-12-14)11(17)15-7-9(8-15)16-6-2-4-13-16/h2-6,9H,7-8H2,1H3. The fourth-order valence-corrected chi connectivity index (χ4v) is 2.03. The minimum atomic E-state index is 0.0356. The summed E-state index contributed by atoms with van der Waals surface area (Å²) >= 11 is 0. The van der Waals surface area contributed by atoms with Gasteiger partial charge < -0.3 is 4.90 Å². The topological polar surface area (TPSA) is 56.0 Å². The first kappa shape index (κ1) is 10.1. The van der Waals surface area contributed by atoms with Crippen molar-refractivity contribution in [1.29, 1.82) is 0 Å². The molecular formula is C11H13N5O. The quantitative estimate of drug-likeness (QED) is 0.747. The number of carbonyl (C=O) groups excluding carboxylic acids is 1. The molecule has 0 spiro atoms. The van der Waals surface area contributed by atoms with Gasteiger partial charge in [-0.25, -0.2) is 0 Å². The second-order valence-electron chi connectivity index (χ2n) is 4.19. The molecule has 2 aromatic heterocycles. The summed E-state index contributed by atoms with van der Waals surface area (Å²) in [5.41, 5.74) is 0.629. The Bertz CT molecular complexity index is 524. The van der Waals surface area contributed by atoms with Gasteiger partial charge in [0.05, 0.1) is 6.04 Å². The first-order chi connectivity index (χ1) is 8.25. The van der Waals surface area contributed by atoms with Crippen molar-refractivity contribution >= 4 is 5.91 Å². The number of hydrogen-bond acceptors (Lipinski definition) is 3. The van der Waals surface area contributed by atoms with E-state index in [9.17, 15) is 4.79 Å². The predicted octanol–water partition coefficient (Wildman–Crippen LogP) is 0.314. The maximum Gasteiger partial charge on any atom is 0.272 e. The third kappa shape index (κ3) is 1.61. The van der Waals surface area contributed by atoms with Gasteiger partial charge in [0.2, 0.25) is 0 Å². The monoisotopic (exact) mass is 231 g/mol. The molecular weight excluding hydrogens is 218 g/mol. The van der Waals surface area contributed by atoms with Gasteiger partial charge in [-0.2, -0.15) is 10.2 Å². The SMILES string of the molecule is Cn1nccc1C(=O)N1CC(n2cccn2)C1. The number of hydrogen-bond donors (Lipinski definition) is 0. The summed E-state index contributed by atoms with van der Waals surface area (Å²) < 4.78 is 3.50. The van der Waals surface area contributed by atoms with E-state index < -0.39 is 0 Å². The van der Waals surface area contributed by atoms with E-state index in [1.807, 2.05) is 21.8 Å². The molecule has 6 heteroatoms. The summed E-state index contributed by atoms with van der Waals surface area (Å²) in [5.74, 6) is 0.0356. The van der Waals surface area contributed by atoms with Gasteiger partial charge in [-0.05, 0) is 12.1 Å². The Kier molecular flexibility index (Phi) is 2.21. The molecule has 0 saturated carbocycles. The lowest BCUT2D eigenvalue weighted by molar-refractivity contribution is 0.0490. The molecule has 3 rings (SSSR count). The van der Waals surface area contributed by atoms with Gasteiger partial charge in [0, 0.05) is 38.7 Å². The van der Waals surface area contributed by atoms with Crippen LogP contribution in [0, 0.1) is 0 Å². The van der Waals surface area contributed by atoms with E-state index in [1.54, 1.807) is 30.2 Å². The zero-order chi connectivity index (χ0) is 11.8. The lowest BCUT2D eigenvalue weighted by Gasteiger charge is -2.39. The molecule has 0 unspecified atom stereocenters. The van der Waals surface area contributed by atoms with Crippen LogP contribution in [-0.2, 0) is 7.05 Å². The number of amides is 1. The highest BCUT2D eigenvalue weighted by Gasteiger charge is 2.33. The molecule has 88 valence electrons. The molecule has 2 aromatic rings. The minimum absolute atomic E-state index is 0.0356. The molecule has 0 bridgehead atoms. The fourth-order valence-electron chi connectivity index (χ4n) is 2.03. The second kappa shape index (κ2) is 3.73. The first-order valence-electron chi connectivity index (χ1n) is 5.52. The van der Waals surface area contributed by atoms with Crippen molar-refractivity contribution in [3.05, 3.63) is 36.4 Å². The number of carbonyl (C=O) groups is 1. The van der Waals surface area contributed by atoms with Crippen molar-refractivity contribution in [2.24, 2.45) is 7.05 Å². The molecule has 1 amide bonds. The summed E-state index contributed by atoms with van der Waals surface area (Å²) in [5, 5.41) is 8.17. The van der Waals surface area contributed by atoms with Crippen molar-refractivity contribution in [2.75, 3.05) is 13.1 Å². The summed E-state index contributed by atoms with van der Waals surface area (Å²) in [7, 11) is 1.78. The predicted molar refractivity (Wildman–Crippen MR) is 60.4 cm³/mol. The molecule has 1 aliphatic heterocycles. The molecule has 1 aliphatic rings. The smallest absolute Gasteiger partial charge is 0.272 e. The maximum absolute atomic E-state index is 12.1. The molecule has 6 nitrogen and oxygen atoms in total. The average molecular weight is 231 g/mol. The van der Waals surface area contributed by atoms with E-state index in [0.717, 1.165) is 0 Å². The van der Waals surface area contributed by atoms with Crippen LogP contribution >= 0.6 is 0 Å². The van der Waals surface area contributed by atoms with Crippen LogP contribution in [0.15, 0.2) is 30.7 Å². The molecule has 0 aromatic carbocycles. The Hall–Kier alpha value is -2.11. The van der Waals surface area contributed by atoms with Crippen LogP contribution in [0.4, 0.5) is 0 Å². The van der Waals surface area contributed by atoms with E-state index in [1.165, 1.54) is 0 Å². The van der Waals surface area contributed by atoms with Crippen molar-refractivity contribution in [2.45, 2.75) is 6.04 Å². The Morgan fingerprint density at radius 2 is 2.18 bits per heavy atom. The van der Waals surface area contributed by atoms with Gasteiger partial charge >= 0.3 is 0 Å². The van der Waals surface area contributed by atoms with Crippen molar-refractivity contribution < 1.29 is 4.79 Å². The summed E-state index contributed by atoms with van der Waals surface area (Å²) in [6.45, 7) is 1.43. The van der Waals surface area contributed by atoms with Crippen LogP contribution < -0.4 is 0 Å². The van der Waals surface area contributed by atoms with Crippen molar-refractivity contribution in [3.63, 3.8) is 0 Å². The number of nitrogens with zero attached hydrogens (tertiary/aromatic N) is 5. The third-order valence-corrected chi connectivity index (χ3v) is 3.09. The highest BCUT2D eigenvalue weighted by molar-refractivity contribution is 5.93. The molecule has 3 heterocycles. The number of aryl methyl sites for hydroxylation is 1. The zero-order valence-corrected chi connectivity index (χ0v) is 9.52. The molecule has 1 fully saturated rings. The van der Waals surface area contributed by atoms with E-state index >= 15 is 0 Å². The molecule has 0 radical (unpaired) electrons. The highest BCUT2D eigenvalue weighted by atomic mass is 16.2. The van der Waals surface area contributed by atoms with Gasteiger partial charge in [0.25, 0.3) is 5.91 Å². The Labute approximate surface area is 98.4 Å². The molecule has 1 saturated heterocycles. The normalized spacial score (nSPS) is 15.9. The van der Waals surface area contributed by atoms with Gasteiger partial charge in [-0.15, -0.1) is 0 Å². The van der Waals surface area contributed by atoms with Gasteiger partial charge in [0.15, 0.2) is 0 Å². The van der Waals surface area contributed by atoms with Crippen molar-refractivity contribution in [1.82, 2.24) is 24.5 Å². The van der Waals surface area contributed by atoms with E-state index in [-0.39, 0.29) is 5.91 Å². The lowest BCUT2D eigenvalue weighted by Crippen LogP contribution is -2.51. The molecule has 0 aliphatic carbocycles. The number of rotatable bonds is 2. The first-order valence-corrected chi connectivity index (χ1v) is 5.52. The van der Waals surface area contributed by atoms with Crippen LogP contribution in [-0.4, -0.2) is 43.5 Å². The zero-order valence-electron chi connectivity index (χ0n) is 9.52. The fraction of sp³-hybridized carbons (Fsp3) is 0.364. The van der Waals surface area contributed by atoms with Crippen LogP contribution in [0.2, 0.25) is 0 Å². The van der Waals surface area contributed by atoms with Crippen LogP contribution in [0.25, 0.3) is 0 Å². The highest BCUT2D eigenvalue weighted by Crippen LogP contribution is 2.21. The van der Waals surface area contributed by atoms with Crippen LogP contribution in [0.3, 0.4) is 0 Å².